The summed E-state index contributed by atoms with van der Waals surface area (Å²) in [6.45, 7) is 3.81. The third kappa shape index (κ3) is 3.83. The molecule has 3 aromatic rings. The normalized spacial score (nSPS) is 12.1. The fraction of sp³-hybridized carbons (Fsp3) is 0.158. The van der Waals surface area contributed by atoms with Crippen LogP contribution in [0, 0.1) is 10.1 Å². The Morgan fingerprint density at radius 1 is 1.27 bits per heavy atom. The second-order valence-corrected chi connectivity index (χ2v) is 7.48. The molecule has 0 aliphatic carbocycles. The maximum atomic E-state index is 11.3. The Balaban J connectivity index is 2.09. The maximum absolute atomic E-state index is 11.3. The first kappa shape index (κ1) is 18.7. The summed E-state index contributed by atoms with van der Waals surface area (Å²) in [5.41, 5.74) is 2.69. The van der Waals surface area contributed by atoms with E-state index in [0.717, 1.165) is 31.0 Å². The highest BCUT2D eigenvalue weighted by Gasteiger charge is 2.25. The summed E-state index contributed by atoms with van der Waals surface area (Å²) in [5.74, 6) is 0.259. The van der Waals surface area contributed by atoms with E-state index in [1.54, 1.807) is 6.08 Å². The molecule has 2 aromatic carbocycles. The van der Waals surface area contributed by atoms with E-state index in [2.05, 4.69) is 43.4 Å². The van der Waals surface area contributed by atoms with Gasteiger partial charge in [0.15, 0.2) is 0 Å². The first-order valence-corrected chi connectivity index (χ1v) is 9.50. The molecule has 26 heavy (non-hydrogen) atoms. The molecule has 0 fully saturated rings. The molecule has 0 saturated heterocycles. The number of H-pyrrole nitrogens is 1. The molecule has 0 aliphatic heterocycles. The lowest BCUT2D eigenvalue weighted by atomic mass is 9.91. The molecule has 0 saturated carbocycles. The van der Waals surface area contributed by atoms with Gasteiger partial charge in [-0.2, -0.15) is 0 Å². The van der Waals surface area contributed by atoms with Gasteiger partial charge in [0.1, 0.15) is 12.4 Å². The molecule has 7 heteroatoms. The Morgan fingerprint density at radius 2 is 1.96 bits per heavy atom. The second-order valence-electron chi connectivity index (χ2n) is 5.77. The van der Waals surface area contributed by atoms with Crippen molar-refractivity contribution in [2.24, 2.45) is 0 Å². The molecule has 3 rings (SSSR count). The first-order valence-electron chi connectivity index (χ1n) is 7.91. The van der Waals surface area contributed by atoms with Crippen LogP contribution in [0.2, 0.25) is 0 Å². The molecular formula is C19H16Br2N2O3. The molecule has 1 N–H and O–H groups in total. The lowest BCUT2D eigenvalue weighted by molar-refractivity contribution is -0.481. The summed E-state index contributed by atoms with van der Waals surface area (Å²) < 4.78 is 7.11. The van der Waals surface area contributed by atoms with Gasteiger partial charge in [-0.25, -0.2) is 0 Å². The number of para-hydroxylation sites is 1. The molecule has 134 valence electrons. The summed E-state index contributed by atoms with van der Waals surface area (Å²) in [5, 5.41) is 12.3. The molecule has 1 aromatic heterocycles. The number of rotatable bonds is 7. The smallest absolute Gasteiger partial charge is 0.214 e. The molecule has 0 unspecified atom stereocenters. The Hall–Kier alpha value is -2.12. The lowest BCUT2D eigenvalue weighted by Gasteiger charge is -2.16. The minimum absolute atomic E-state index is 0.201. The number of hydrogen-bond donors (Lipinski definition) is 1. The van der Waals surface area contributed by atoms with E-state index < -0.39 is 0 Å². The number of aromatic nitrogens is 1. The van der Waals surface area contributed by atoms with Gasteiger partial charge in [-0.15, -0.1) is 0 Å². The summed E-state index contributed by atoms with van der Waals surface area (Å²) in [7, 11) is 0. The van der Waals surface area contributed by atoms with Gasteiger partial charge in [0.2, 0.25) is 6.54 Å². The van der Waals surface area contributed by atoms with E-state index in [4.69, 9.17) is 4.74 Å². The van der Waals surface area contributed by atoms with Crippen LogP contribution >= 0.6 is 31.9 Å². The SMILES string of the molecule is C=CCOc1c(Br)cc([C@H](C[N+](=O)[O-])c2c[nH]c3ccccc23)cc1Br. The highest BCUT2D eigenvalue weighted by molar-refractivity contribution is 9.11. The van der Waals surface area contributed by atoms with E-state index in [0.29, 0.717) is 12.4 Å². The van der Waals surface area contributed by atoms with Crippen LogP contribution in [0.4, 0.5) is 0 Å². The molecule has 0 radical (unpaired) electrons. The zero-order valence-electron chi connectivity index (χ0n) is 13.7. The molecule has 0 aliphatic rings. The zero-order valence-corrected chi connectivity index (χ0v) is 16.9. The van der Waals surface area contributed by atoms with Crippen molar-refractivity contribution >= 4 is 42.8 Å². The van der Waals surface area contributed by atoms with Crippen molar-refractivity contribution in [1.82, 2.24) is 4.98 Å². The van der Waals surface area contributed by atoms with Crippen molar-refractivity contribution < 1.29 is 9.66 Å². The summed E-state index contributed by atoms with van der Waals surface area (Å²) in [6, 6.07) is 11.5. The van der Waals surface area contributed by atoms with Crippen LogP contribution in [-0.2, 0) is 0 Å². The van der Waals surface area contributed by atoms with Gasteiger partial charge in [-0.1, -0.05) is 30.9 Å². The van der Waals surface area contributed by atoms with E-state index in [1.807, 2.05) is 42.6 Å². The van der Waals surface area contributed by atoms with Gasteiger partial charge in [0.25, 0.3) is 0 Å². The lowest BCUT2D eigenvalue weighted by Crippen LogP contribution is -2.14. The van der Waals surface area contributed by atoms with E-state index in [-0.39, 0.29) is 17.4 Å². The number of ether oxygens (including phenoxy) is 1. The van der Waals surface area contributed by atoms with Gasteiger partial charge in [0, 0.05) is 22.0 Å². The molecule has 0 amide bonds. The highest BCUT2D eigenvalue weighted by Crippen LogP contribution is 2.39. The van der Waals surface area contributed by atoms with Gasteiger partial charge in [-0.3, -0.25) is 10.1 Å². The second kappa shape index (κ2) is 8.05. The number of benzene rings is 2. The number of nitrogens with one attached hydrogen (secondary N) is 1. The third-order valence-electron chi connectivity index (χ3n) is 4.10. The molecular weight excluding hydrogens is 464 g/mol. The summed E-state index contributed by atoms with van der Waals surface area (Å²) in [6.07, 6.45) is 3.51. The number of hydrogen-bond acceptors (Lipinski definition) is 3. The topological polar surface area (TPSA) is 68.2 Å². The van der Waals surface area contributed by atoms with Gasteiger partial charge < -0.3 is 9.72 Å². The zero-order chi connectivity index (χ0) is 18.7. The fourth-order valence-electron chi connectivity index (χ4n) is 2.98. The molecule has 0 spiro atoms. The Morgan fingerprint density at radius 3 is 2.62 bits per heavy atom. The molecule has 1 atom stereocenters. The van der Waals surface area contributed by atoms with Crippen LogP contribution in [0.15, 0.2) is 64.2 Å². The standard InChI is InChI=1S/C19H16Br2N2O3/c1-2-7-26-19-16(20)8-12(9-17(19)21)15(11-23(24)25)14-10-22-18-6-4-3-5-13(14)18/h2-6,8-10,15,22H,1,7,11H2/t15-/m0/s1. The Bertz CT molecular complexity index is 945. The first-order chi connectivity index (χ1) is 12.5. The summed E-state index contributed by atoms with van der Waals surface area (Å²) in [4.78, 5) is 14.2. The van der Waals surface area contributed by atoms with Crippen LogP contribution in [0.3, 0.4) is 0 Å². The highest BCUT2D eigenvalue weighted by atomic mass is 79.9. The average Bonchev–Trinajstić information content (AvgIpc) is 3.02. The molecule has 0 bridgehead atoms. The van der Waals surface area contributed by atoms with E-state index in [9.17, 15) is 10.1 Å². The predicted octanol–water partition coefficient (Wildman–Crippen LogP) is 5.67. The number of fused-ring (bicyclic) bond motifs is 1. The Labute approximate surface area is 167 Å². The monoisotopic (exact) mass is 478 g/mol. The van der Waals surface area contributed by atoms with Crippen molar-refractivity contribution in [3.63, 3.8) is 0 Å². The average molecular weight is 480 g/mol. The number of nitrogens with zero attached hydrogens (tertiary/aromatic N) is 1. The van der Waals surface area contributed by atoms with Crippen LogP contribution in [0.25, 0.3) is 10.9 Å². The van der Waals surface area contributed by atoms with Crippen LogP contribution in [-0.4, -0.2) is 23.1 Å². The molecule has 1 heterocycles. The number of halogens is 2. The largest absolute Gasteiger partial charge is 0.487 e. The van der Waals surface area contributed by atoms with Crippen molar-refractivity contribution in [2.75, 3.05) is 13.2 Å². The van der Waals surface area contributed by atoms with Crippen molar-refractivity contribution in [1.29, 1.82) is 0 Å². The minimum atomic E-state index is -0.387. The van der Waals surface area contributed by atoms with Gasteiger partial charge in [-0.05, 0) is 61.2 Å². The third-order valence-corrected chi connectivity index (χ3v) is 5.27. The van der Waals surface area contributed by atoms with Crippen molar-refractivity contribution in [3.05, 3.63) is 85.4 Å². The Kier molecular flexibility index (Phi) is 5.78. The van der Waals surface area contributed by atoms with E-state index in [1.165, 1.54) is 0 Å². The number of nitro groups is 1. The van der Waals surface area contributed by atoms with Crippen LogP contribution in [0.5, 0.6) is 5.75 Å². The summed E-state index contributed by atoms with van der Waals surface area (Å²) >= 11 is 7.02. The van der Waals surface area contributed by atoms with Crippen LogP contribution < -0.4 is 4.74 Å². The van der Waals surface area contributed by atoms with Gasteiger partial charge >= 0.3 is 0 Å². The predicted molar refractivity (Wildman–Crippen MR) is 110 cm³/mol. The van der Waals surface area contributed by atoms with Crippen LogP contribution in [0.1, 0.15) is 17.0 Å². The van der Waals surface area contributed by atoms with Crippen molar-refractivity contribution in [2.45, 2.75) is 5.92 Å². The number of aromatic amines is 1. The van der Waals surface area contributed by atoms with Crippen molar-refractivity contribution in [3.8, 4) is 5.75 Å². The quantitative estimate of drug-likeness (QED) is 0.270. The fourth-order valence-corrected chi connectivity index (χ4v) is 4.43. The van der Waals surface area contributed by atoms with E-state index >= 15 is 0 Å². The molecule has 5 nitrogen and oxygen atoms in total. The van der Waals surface area contributed by atoms with Gasteiger partial charge in [0.05, 0.1) is 14.9 Å². The maximum Gasteiger partial charge on any atom is 0.214 e. The minimum Gasteiger partial charge on any atom is -0.487 e.